The van der Waals surface area contributed by atoms with Crippen LogP contribution in [-0.2, 0) is 65.4 Å². The van der Waals surface area contributed by atoms with Gasteiger partial charge in [-0.25, -0.2) is 9.13 Å². The van der Waals surface area contributed by atoms with Gasteiger partial charge in [0, 0.05) is 19.3 Å². The van der Waals surface area contributed by atoms with Gasteiger partial charge in [0.15, 0.2) is 12.2 Å². The molecule has 0 saturated heterocycles. The maximum absolute atomic E-state index is 13.1. The Hall–Kier alpha value is -5.58. The van der Waals surface area contributed by atoms with Crippen LogP contribution in [0.3, 0.4) is 0 Å². The zero-order chi connectivity index (χ0) is 78.9. The van der Waals surface area contributed by atoms with Crippen LogP contribution in [0.4, 0.5) is 0 Å². The summed E-state index contributed by atoms with van der Waals surface area (Å²) in [4.78, 5) is 73.1. The Labute approximate surface area is 654 Å². The lowest BCUT2D eigenvalue weighted by Gasteiger charge is -2.21. The van der Waals surface area contributed by atoms with Crippen molar-refractivity contribution < 1.29 is 80.2 Å². The normalized spacial score (nSPS) is 14.7. The number of carbonyl (C=O) groups excluding carboxylic acids is 4. The highest BCUT2D eigenvalue weighted by Gasteiger charge is 2.30. The second kappa shape index (κ2) is 79.5. The standard InChI is InChI=1S/C89H146O17P2/c1-5-9-13-17-21-25-29-33-37-39-41-43-47-49-53-57-61-65-69-73-86(91)99-79-84(105-88(93)75-71-67-63-59-55-51-45-35-31-27-23-19-15-11-7-3)81-103-107(95,96)101-77-83(90)78-102-108(97,98)104-82-85(106-89(94)76-72-68-64-60-56-52-46-36-32-28-24-20-16-12-8-4)80-100-87(92)74-70-66-62-58-54-50-48-44-42-40-38-34-30-26-22-18-14-10-6-2/h9-11,13-15,21-23,25-27,33-35,37-38,41-45,49,53,55,59,67,71,83-85,90H,5-8,12,16-20,24,28-32,36,39-40,46-48,50-52,54,56-58,60-66,68-70,72-82H2,1-4H3,(H,95,96)(H,97,98)/b13-9-,14-10-,15-11-,25-21-,26-22-,27-23-,37-33-,38-34-,43-41-,44-42-,45-35-,53-49-,59-55-,71-67-. The highest BCUT2D eigenvalue weighted by atomic mass is 31.2. The summed E-state index contributed by atoms with van der Waals surface area (Å²) < 4.78 is 68.6. The van der Waals surface area contributed by atoms with E-state index in [-0.39, 0.29) is 25.7 Å². The van der Waals surface area contributed by atoms with E-state index in [9.17, 15) is 43.2 Å². The average Bonchev–Trinajstić information content (AvgIpc) is 0.923. The number of carbonyl (C=O) groups is 4. The van der Waals surface area contributed by atoms with Gasteiger partial charge in [-0.1, -0.05) is 320 Å². The number of esters is 4. The first-order valence-electron chi connectivity index (χ1n) is 41.4. The molecule has 0 bridgehead atoms. The minimum Gasteiger partial charge on any atom is -0.462 e. The Morgan fingerprint density at radius 2 is 0.519 bits per heavy atom. The van der Waals surface area contributed by atoms with Gasteiger partial charge in [0.05, 0.1) is 32.8 Å². The summed E-state index contributed by atoms with van der Waals surface area (Å²) in [7, 11) is -10.0. The molecule has 0 saturated carbocycles. The highest BCUT2D eigenvalue weighted by molar-refractivity contribution is 7.47. The lowest BCUT2D eigenvalue weighted by Crippen LogP contribution is -2.30. The highest BCUT2D eigenvalue weighted by Crippen LogP contribution is 2.45. The van der Waals surface area contributed by atoms with Crippen LogP contribution in [0.2, 0.25) is 0 Å². The SMILES string of the molecule is CC/C=C\C/C=C\C/C=C\C/C=C\C/C=C\CCCCCC(=O)OCC(COP(=O)(O)OCC(O)COP(=O)(O)OCC(COC(=O)CCCCCCCC/C=C\C/C=C\C/C=C\C/C=C\CC)OC(=O)CCCCCCCCCCCCCCCCC)OC(=O)C/C=C\C/C=C\C/C=C\C/C=C\C/C=C\CC. The maximum Gasteiger partial charge on any atom is 0.472 e. The molecule has 0 aliphatic carbocycles. The number of ether oxygens (including phenoxy) is 4. The van der Waals surface area contributed by atoms with Crippen LogP contribution >= 0.6 is 15.6 Å². The lowest BCUT2D eigenvalue weighted by atomic mass is 10.0. The van der Waals surface area contributed by atoms with E-state index in [1.165, 1.54) is 64.2 Å². The molecule has 5 unspecified atom stereocenters. The van der Waals surface area contributed by atoms with E-state index in [2.05, 4.69) is 174 Å². The molecule has 5 atom stereocenters. The predicted molar refractivity (Wildman–Crippen MR) is 445 cm³/mol. The monoisotopic (exact) mass is 1550 g/mol. The van der Waals surface area contributed by atoms with Gasteiger partial charge >= 0.3 is 39.5 Å². The molecule has 0 aliphatic rings. The second-order valence-electron chi connectivity index (χ2n) is 26.9. The van der Waals surface area contributed by atoms with Crippen LogP contribution in [0, 0.1) is 0 Å². The summed E-state index contributed by atoms with van der Waals surface area (Å²) in [5.74, 6) is -2.38. The van der Waals surface area contributed by atoms with Crippen LogP contribution in [0.15, 0.2) is 170 Å². The molecular weight excluding hydrogens is 1400 g/mol. The van der Waals surface area contributed by atoms with Crippen molar-refractivity contribution in [2.75, 3.05) is 39.6 Å². The predicted octanol–water partition coefficient (Wildman–Crippen LogP) is 24.6. The summed E-state index contributed by atoms with van der Waals surface area (Å²) in [5.41, 5.74) is 0. The number of allylic oxidation sites excluding steroid dienone is 27. The Balaban J connectivity index is 5.47. The first-order chi connectivity index (χ1) is 52.7. The van der Waals surface area contributed by atoms with Gasteiger partial charge in [-0.05, 0) is 135 Å². The quantitative estimate of drug-likeness (QED) is 0.0169. The molecule has 0 aromatic heterocycles. The van der Waals surface area contributed by atoms with Crippen molar-refractivity contribution in [3.63, 3.8) is 0 Å². The number of rotatable bonds is 76. The number of aliphatic hydroxyl groups is 1. The smallest absolute Gasteiger partial charge is 0.462 e. The Morgan fingerprint density at radius 1 is 0.278 bits per heavy atom. The number of phosphoric ester groups is 2. The van der Waals surface area contributed by atoms with Crippen molar-refractivity contribution in [2.24, 2.45) is 0 Å². The molecule has 0 radical (unpaired) electrons. The van der Waals surface area contributed by atoms with Crippen molar-refractivity contribution in [3.05, 3.63) is 170 Å². The summed E-state index contributed by atoms with van der Waals surface area (Å²) in [5, 5.41) is 10.7. The number of aliphatic hydroxyl groups excluding tert-OH is 1. The van der Waals surface area contributed by atoms with Crippen molar-refractivity contribution in [3.8, 4) is 0 Å². The Morgan fingerprint density at radius 3 is 0.833 bits per heavy atom. The maximum atomic E-state index is 13.1. The van der Waals surface area contributed by atoms with Crippen molar-refractivity contribution in [2.45, 2.75) is 329 Å². The van der Waals surface area contributed by atoms with Crippen LogP contribution in [0.1, 0.15) is 310 Å². The van der Waals surface area contributed by atoms with Crippen molar-refractivity contribution in [1.82, 2.24) is 0 Å². The fourth-order valence-corrected chi connectivity index (χ4v) is 12.1. The second-order valence-corrected chi connectivity index (χ2v) is 29.9. The molecule has 17 nitrogen and oxygen atoms in total. The lowest BCUT2D eigenvalue weighted by molar-refractivity contribution is -0.161. The fraction of sp³-hybridized carbons (Fsp3) is 0.640. The van der Waals surface area contributed by atoms with E-state index in [0.29, 0.717) is 25.7 Å². The van der Waals surface area contributed by atoms with Gasteiger partial charge in [-0.3, -0.25) is 37.3 Å². The molecule has 614 valence electrons. The number of hydrogen-bond acceptors (Lipinski definition) is 15. The molecule has 19 heteroatoms. The first-order valence-corrected chi connectivity index (χ1v) is 44.4. The van der Waals surface area contributed by atoms with Crippen LogP contribution in [0.25, 0.3) is 0 Å². The molecule has 0 fully saturated rings. The zero-order valence-electron chi connectivity index (χ0n) is 67.2. The molecule has 0 aromatic carbocycles. The average molecular weight is 1550 g/mol. The topological polar surface area (TPSA) is 237 Å². The van der Waals surface area contributed by atoms with E-state index >= 15 is 0 Å². The summed E-state index contributed by atoms with van der Waals surface area (Å²) in [6.45, 7) is 4.38. The molecule has 0 heterocycles. The van der Waals surface area contributed by atoms with E-state index in [1.807, 2.05) is 12.2 Å². The van der Waals surface area contributed by atoms with Gasteiger partial charge in [0.2, 0.25) is 0 Å². The molecule has 0 amide bonds. The number of unbranched alkanes of at least 4 members (excludes halogenated alkanes) is 23. The molecule has 108 heavy (non-hydrogen) atoms. The molecule has 0 aromatic rings. The molecule has 0 rings (SSSR count). The third-order valence-corrected chi connectivity index (χ3v) is 18.6. The largest absolute Gasteiger partial charge is 0.472 e. The molecule has 0 aliphatic heterocycles. The van der Waals surface area contributed by atoms with Gasteiger partial charge in [0.1, 0.15) is 19.3 Å². The molecule has 3 N–H and O–H groups in total. The third-order valence-electron chi connectivity index (χ3n) is 16.7. The molecule has 0 spiro atoms. The van der Waals surface area contributed by atoms with E-state index < -0.39 is 97.5 Å². The van der Waals surface area contributed by atoms with Gasteiger partial charge in [0.25, 0.3) is 0 Å². The zero-order valence-corrected chi connectivity index (χ0v) is 69.0. The van der Waals surface area contributed by atoms with Crippen LogP contribution < -0.4 is 0 Å². The van der Waals surface area contributed by atoms with E-state index in [1.54, 1.807) is 12.2 Å². The minimum absolute atomic E-state index is 0.0867. The third kappa shape index (κ3) is 78.5. The van der Waals surface area contributed by atoms with Crippen LogP contribution in [-0.4, -0.2) is 96.7 Å². The summed E-state index contributed by atoms with van der Waals surface area (Å²) in [6, 6.07) is 0. The first kappa shape index (κ1) is 102. The Bertz CT molecular complexity index is 2710. The van der Waals surface area contributed by atoms with Gasteiger partial charge in [-0.2, -0.15) is 0 Å². The number of phosphoric acid groups is 2. The molecular formula is C89H146O17P2. The van der Waals surface area contributed by atoms with E-state index in [0.717, 1.165) is 167 Å². The number of hydrogen-bond donors (Lipinski definition) is 3. The minimum atomic E-state index is -5.02. The van der Waals surface area contributed by atoms with Gasteiger partial charge < -0.3 is 33.8 Å². The Kier molecular flexibility index (Phi) is 75.4. The van der Waals surface area contributed by atoms with Crippen molar-refractivity contribution >= 4 is 39.5 Å². The van der Waals surface area contributed by atoms with E-state index in [4.69, 9.17) is 37.0 Å². The summed E-state index contributed by atoms with van der Waals surface area (Å²) in [6.07, 6.45) is 95.0. The van der Waals surface area contributed by atoms with Gasteiger partial charge in [-0.15, -0.1) is 0 Å². The fourth-order valence-electron chi connectivity index (χ4n) is 10.5. The summed E-state index contributed by atoms with van der Waals surface area (Å²) >= 11 is 0. The van der Waals surface area contributed by atoms with Crippen molar-refractivity contribution in [1.29, 1.82) is 0 Å². The van der Waals surface area contributed by atoms with Crippen LogP contribution in [0.5, 0.6) is 0 Å².